The van der Waals surface area contributed by atoms with Crippen molar-refractivity contribution >= 4 is 0 Å². The van der Waals surface area contributed by atoms with Gasteiger partial charge in [0.1, 0.15) is 12.2 Å². The predicted molar refractivity (Wildman–Crippen MR) is 39.4 cm³/mol. The maximum Gasteiger partial charge on any atom is 0.112 e. The van der Waals surface area contributed by atoms with Crippen LogP contribution in [0.1, 0.15) is 6.92 Å². The van der Waals surface area contributed by atoms with E-state index in [1.807, 2.05) is 0 Å². The van der Waals surface area contributed by atoms with Crippen molar-refractivity contribution in [3.63, 3.8) is 0 Å². The van der Waals surface area contributed by atoms with Crippen molar-refractivity contribution in [2.75, 3.05) is 20.3 Å². The molecule has 2 aliphatic heterocycles. The highest BCUT2D eigenvalue weighted by Gasteiger charge is 2.45. The first kappa shape index (κ1) is 7.53. The Morgan fingerprint density at radius 1 is 1.18 bits per heavy atom. The molecule has 2 rings (SSSR count). The molecular formula is C8H14O3. The highest BCUT2D eigenvalue weighted by atomic mass is 16.6. The molecule has 0 aromatic rings. The molecule has 2 heterocycles. The number of hydrogen-bond donors (Lipinski definition) is 0. The minimum atomic E-state index is 0.157. The molecule has 11 heavy (non-hydrogen) atoms. The molecule has 0 aromatic heterocycles. The average Bonchev–Trinajstić information content (AvgIpc) is 2.53. The fraction of sp³-hybridized carbons (Fsp3) is 1.00. The summed E-state index contributed by atoms with van der Waals surface area (Å²) in [5, 5.41) is 0. The van der Waals surface area contributed by atoms with Crippen molar-refractivity contribution in [3.05, 3.63) is 0 Å². The van der Waals surface area contributed by atoms with Crippen LogP contribution in [-0.4, -0.2) is 38.6 Å². The lowest BCUT2D eigenvalue weighted by Gasteiger charge is -2.13. The largest absolute Gasteiger partial charge is 0.376 e. The Hall–Kier alpha value is -0.120. The quantitative estimate of drug-likeness (QED) is 0.554. The molecule has 0 amide bonds. The Bertz CT molecular complexity index is 148. The second-order valence-electron chi connectivity index (χ2n) is 3.35. The summed E-state index contributed by atoms with van der Waals surface area (Å²) in [6.45, 7) is 3.66. The molecule has 0 radical (unpaired) electrons. The number of rotatable bonds is 1. The minimum absolute atomic E-state index is 0.157. The van der Waals surface area contributed by atoms with Crippen LogP contribution >= 0.6 is 0 Å². The first-order valence-corrected chi connectivity index (χ1v) is 4.09. The average molecular weight is 158 g/mol. The van der Waals surface area contributed by atoms with Crippen LogP contribution < -0.4 is 0 Å². The SMILES string of the molecule is CO[C@H]1CO[C@H]2[C@@H]1OC[C@H]2C. The maximum atomic E-state index is 5.54. The topological polar surface area (TPSA) is 27.7 Å². The lowest BCUT2D eigenvalue weighted by molar-refractivity contribution is -0.00878. The van der Waals surface area contributed by atoms with Gasteiger partial charge < -0.3 is 14.2 Å². The molecule has 0 aromatic carbocycles. The summed E-state index contributed by atoms with van der Waals surface area (Å²) in [7, 11) is 1.71. The summed E-state index contributed by atoms with van der Waals surface area (Å²) >= 11 is 0. The molecule has 2 fully saturated rings. The Balaban J connectivity index is 2.04. The van der Waals surface area contributed by atoms with Gasteiger partial charge >= 0.3 is 0 Å². The third-order valence-corrected chi connectivity index (χ3v) is 2.56. The highest BCUT2D eigenvalue weighted by Crippen LogP contribution is 2.31. The van der Waals surface area contributed by atoms with Gasteiger partial charge in [-0.2, -0.15) is 0 Å². The molecule has 3 nitrogen and oxygen atoms in total. The Kier molecular flexibility index (Phi) is 1.87. The van der Waals surface area contributed by atoms with Crippen molar-refractivity contribution in [3.8, 4) is 0 Å². The zero-order valence-corrected chi connectivity index (χ0v) is 6.95. The van der Waals surface area contributed by atoms with Crippen LogP contribution in [0.25, 0.3) is 0 Å². The molecule has 0 aliphatic carbocycles. The lowest BCUT2D eigenvalue weighted by atomic mass is 10.0. The molecule has 2 saturated heterocycles. The molecule has 0 bridgehead atoms. The molecule has 4 atom stereocenters. The van der Waals surface area contributed by atoms with Gasteiger partial charge in [-0.15, -0.1) is 0 Å². The van der Waals surface area contributed by atoms with E-state index in [9.17, 15) is 0 Å². The Labute approximate surface area is 66.6 Å². The van der Waals surface area contributed by atoms with Crippen LogP contribution in [0, 0.1) is 5.92 Å². The standard InChI is InChI=1S/C8H14O3/c1-5-3-10-8-6(9-2)4-11-7(5)8/h5-8H,3-4H2,1-2H3/t5-,6+,7-,8-/m1/s1. The fourth-order valence-electron chi connectivity index (χ4n) is 1.86. The normalized spacial score (nSPS) is 49.6. The van der Waals surface area contributed by atoms with Gasteiger partial charge in [-0.05, 0) is 0 Å². The second kappa shape index (κ2) is 2.73. The predicted octanol–water partition coefficient (Wildman–Crippen LogP) is 0.435. The first-order chi connectivity index (χ1) is 5.33. The van der Waals surface area contributed by atoms with E-state index in [1.54, 1.807) is 7.11 Å². The van der Waals surface area contributed by atoms with Gasteiger partial charge in [-0.3, -0.25) is 0 Å². The highest BCUT2D eigenvalue weighted by molar-refractivity contribution is 4.92. The van der Waals surface area contributed by atoms with Crippen molar-refractivity contribution in [2.45, 2.75) is 25.2 Å². The Morgan fingerprint density at radius 2 is 1.91 bits per heavy atom. The smallest absolute Gasteiger partial charge is 0.112 e. The molecule has 2 aliphatic rings. The van der Waals surface area contributed by atoms with E-state index in [0.29, 0.717) is 12.5 Å². The van der Waals surface area contributed by atoms with Gasteiger partial charge in [0.2, 0.25) is 0 Å². The van der Waals surface area contributed by atoms with Gasteiger partial charge in [0, 0.05) is 13.0 Å². The third kappa shape index (κ3) is 1.08. The van der Waals surface area contributed by atoms with E-state index in [1.165, 1.54) is 0 Å². The zero-order valence-electron chi connectivity index (χ0n) is 6.95. The van der Waals surface area contributed by atoms with Gasteiger partial charge in [-0.25, -0.2) is 0 Å². The van der Waals surface area contributed by atoms with E-state index >= 15 is 0 Å². The molecule has 64 valence electrons. The molecule has 0 unspecified atom stereocenters. The fourth-order valence-corrected chi connectivity index (χ4v) is 1.86. The molecule has 0 N–H and O–H groups in total. The maximum absolute atomic E-state index is 5.54. The van der Waals surface area contributed by atoms with Gasteiger partial charge in [-0.1, -0.05) is 6.92 Å². The van der Waals surface area contributed by atoms with E-state index in [-0.39, 0.29) is 18.3 Å². The summed E-state index contributed by atoms with van der Waals surface area (Å²) in [5.74, 6) is 0.528. The van der Waals surface area contributed by atoms with Gasteiger partial charge in [0.25, 0.3) is 0 Å². The van der Waals surface area contributed by atoms with Crippen molar-refractivity contribution < 1.29 is 14.2 Å². The molecule has 0 spiro atoms. The summed E-state index contributed by atoms with van der Waals surface area (Å²) in [6, 6.07) is 0. The van der Waals surface area contributed by atoms with Crippen LogP contribution in [-0.2, 0) is 14.2 Å². The number of methoxy groups -OCH3 is 1. The van der Waals surface area contributed by atoms with Crippen LogP contribution in [0.4, 0.5) is 0 Å². The minimum Gasteiger partial charge on any atom is -0.376 e. The van der Waals surface area contributed by atoms with E-state index < -0.39 is 0 Å². The summed E-state index contributed by atoms with van der Waals surface area (Å²) in [6.07, 6.45) is 0.625. The van der Waals surface area contributed by atoms with Crippen LogP contribution in [0.5, 0.6) is 0 Å². The van der Waals surface area contributed by atoms with Crippen LogP contribution in [0.15, 0.2) is 0 Å². The van der Waals surface area contributed by atoms with Crippen molar-refractivity contribution in [2.24, 2.45) is 5.92 Å². The van der Waals surface area contributed by atoms with Crippen LogP contribution in [0.3, 0.4) is 0 Å². The number of hydrogen-bond acceptors (Lipinski definition) is 3. The van der Waals surface area contributed by atoms with E-state index in [0.717, 1.165) is 6.61 Å². The lowest BCUT2D eigenvalue weighted by Crippen LogP contribution is -2.29. The Morgan fingerprint density at radius 3 is 2.64 bits per heavy atom. The third-order valence-electron chi connectivity index (χ3n) is 2.56. The first-order valence-electron chi connectivity index (χ1n) is 4.09. The number of fused-ring (bicyclic) bond motifs is 1. The van der Waals surface area contributed by atoms with Gasteiger partial charge in [0.15, 0.2) is 0 Å². The second-order valence-corrected chi connectivity index (χ2v) is 3.35. The number of ether oxygens (including phenoxy) is 3. The molecule has 3 heteroatoms. The summed E-state index contributed by atoms with van der Waals surface area (Å²) < 4.78 is 16.3. The summed E-state index contributed by atoms with van der Waals surface area (Å²) in [4.78, 5) is 0. The zero-order chi connectivity index (χ0) is 7.84. The monoisotopic (exact) mass is 158 g/mol. The van der Waals surface area contributed by atoms with E-state index in [2.05, 4.69) is 6.92 Å². The summed E-state index contributed by atoms with van der Waals surface area (Å²) in [5.41, 5.74) is 0. The molecule has 0 saturated carbocycles. The molecular weight excluding hydrogens is 144 g/mol. The van der Waals surface area contributed by atoms with E-state index in [4.69, 9.17) is 14.2 Å². The van der Waals surface area contributed by atoms with Gasteiger partial charge in [0.05, 0.1) is 19.3 Å². The van der Waals surface area contributed by atoms with Crippen molar-refractivity contribution in [1.29, 1.82) is 0 Å². The van der Waals surface area contributed by atoms with Crippen molar-refractivity contribution in [1.82, 2.24) is 0 Å². The van der Waals surface area contributed by atoms with Crippen LogP contribution in [0.2, 0.25) is 0 Å².